The Morgan fingerprint density at radius 2 is 0.970 bits per heavy atom. The van der Waals surface area contributed by atoms with Gasteiger partial charge < -0.3 is 0 Å². The summed E-state index contributed by atoms with van der Waals surface area (Å²) in [7, 11) is 0. The van der Waals surface area contributed by atoms with E-state index in [1.54, 1.807) is 35.6 Å². The number of thiophene rings is 1. The Morgan fingerprint density at radius 1 is 0.455 bits per heavy atom. The molecule has 0 aliphatic heterocycles. The normalized spacial score (nSPS) is 12.5. The number of halogens is 6. The summed E-state index contributed by atoms with van der Waals surface area (Å²) < 4.78 is 81.4. The van der Waals surface area contributed by atoms with Gasteiger partial charge >= 0.3 is 12.4 Å². The molecule has 5 rings (SSSR count). The maximum atomic E-state index is 13.2. The van der Waals surface area contributed by atoms with Crippen LogP contribution >= 0.6 is 11.3 Å². The first-order chi connectivity index (χ1) is 15.6. The Hall–Kier alpha value is -3.32. The molecule has 166 valence electrons. The molecule has 33 heavy (non-hydrogen) atoms. The van der Waals surface area contributed by atoms with E-state index in [0.717, 1.165) is 38.7 Å². The lowest BCUT2D eigenvalue weighted by Gasteiger charge is -2.14. The standard InChI is InChI=1S/C26H14F6S/c27-25(28,29)19-11-18(12-20(14-19)26(30,31)32)16-7-5-15(6-8-16)17-9-10-24-22(13-17)21-3-1-2-4-23(21)33-24/h1-14H. The van der Waals surface area contributed by atoms with Crippen LogP contribution in [0.1, 0.15) is 11.1 Å². The van der Waals surface area contributed by atoms with Crippen LogP contribution in [0.3, 0.4) is 0 Å². The van der Waals surface area contributed by atoms with E-state index in [9.17, 15) is 26.3 Å². The fourth-order valence-electron chi connectivity index (χ4n) is 3.88. The average Bonchev–Trinajstić information content (AvgIpc) is 3.16. The zero-order valence-electron chi connectivity index (χ0n) is 16.8. The van der Waals surface area contributed by atoms with Gasteiger partial charge in [-0.15, -0.1) is 11.3 Å². The van der Waals surface area contributed by atoms with Crippen LogP contribution in [0.4, 0.5) is 26.3 Å². The molecule has 0 amide bonds. The number of alkyl halides is 6. The molecule has 0 saturated carbocycles. The van der Waals surface area contributed by atoms with Crippen LogP contribution in [0.5, 0.6) is 0 Å². The summed E-state index contributed by atoms with van der Waals surface area (Å²) in [5.74, 6) is 0. The molecular weight excluding hydrogens is 458 g/mol. The molecule has 0 radical (unpaired) electrons. The summed E-state index contributed by atoms with van der Waals surface area (Å²) in [6.45, 7) is 0. The highest BCUT2D eigenvalue weighted by atomic mass is 32.1. The first-order valence-electron chi connectivity index (χ1n) is 9.91. The lowest BCUT2D eigenvalue weighted by Crippen LogP contribution is -2.11. The molecule has 7 heteroatoms. The molecule has 0 spiro atoms. The number of hydrogen-bond donors (Lipinski definition) is 0. The lowest BCUT2D eigenvalue weighted by atomic mass is 9.96. The third-order valence-corrected chi connectivity index (χ3v) is 6.67. The second kappa shape index (κ2) is 7.63. The van der Waals surface area contributed by atoms with Crippen molar-refractivity contribution in [2.24, 2.45) is 0 Å². The molecule has 0 bridgehead atoms. The summed E-state index contributed by atoms with van der Waals surface area (Å²) in [6.07, 6.45) is -9.76. The van der Waals surface area contributed by atoms with E-state index in [2.05, 4.69) is 12.1 Å². The van der Waals surface area contributed by atoms with Crippen molar-refractivity contribution in [2.45, 2.75) is 12.4 Å². The number of rotatable bonds is 2. The van der Waals surface area contributed by atoms with Crippen molar-refractivity contribution in [1.29, 1.82) is 0 Å². The molecule has 0 N–H and O–H groups in total. The van der Waals surface area contributed by atoms with Gasteiger partial charge in [0.2, 0.25) is 0 Å². The Labute approximate surface area is 188 Å². The molecule has 5 aromatic rings. The Bertz CT molecular complexity index is 1440. The number of benzene rings is 4. The molecule has 0 atom stereocenters. The van der Waals surface area contributed by atoms with E-state index >= 15 is 0 Å². The number of fused-ring (bicyclic) bond motifs is 3. The molecule has 4 aromatic carbocycles. The van der Waals surface area contributed by atoms with Gasteiger partial charge in [-0.1, -0.05) is 48.5 Å². The smallest absolute Gasteiger partial charge is 0.166 e. The number of hydrogen-bond acceptors (Lipinski definition) is 1. The predicted octanol–water partition coefficient (Wildman–Crippen LogP) is 9.43. The Morgan fingerprint density at radius 3 is 1.58 bits per heavy atom. The zero-order chi connectivity index (χ0) is 23.4. The van der Waals surface area contributed by atoms with Crippen LogP contribution in [0.2, 0.25) is 0 Å². The fourth-order valence-corrected chi connectivity index (χ4v) is 4.97. The molecule has 0 nitrogen and oxygen atoms in total. The highest BCUT2D eigenvalue weighted by Crippen LogP contribution is 2.40. The van der Waals surface area contributed by atoms with E-state index in [0.29, 0.717) is 0 Å². The van der Waals surface area contributed by atoms with Gasteiger partial charge in [0, 0.05) is 20.2 Å². The van der Waals surface area contributed by atoms with Crippen LogP contribution in [-0.2, 0) is 12.4 Å². The lowest BCUT2D eigenvalue weighted by molar-refractivity contribution is -0.143. The van der Waals surface area contributed by atoms with Crippen molar-refractivity contribution in [1.82, 2.24) is 0 Å². The third kappa shape index (κ3) is 4.09. The van der Waals surface area contributed by atoms with E-state index in [-0.39, 0.29) is 17.2 Å². The van der Waals surface area contributed by atoms with E-state index < -0.39 is 23.5 Å². The minimum absolute atomic E-state index is 0.136. The van der Waals surface area contributed by atoms with Gasteiger partial charge in [-0.05, 0) is 58.7 Å². The van der Waals surface area contributed by atoms with Gasteiger partial charge in [-0.25, -0.2) is 0 Å². The van der Waals surface area contributed by atoms with Crippen molar-refractivity contribution in [3.63, 3.8) is 0 Å². The fraction of sp³-hybridized carbons (Fsp3) is 0.0769. The molecule has 0 unspecified atom stereocenters. The summed E-state index contributed by atoms with van der Waals surface area (Å²) in [5, 5.41) is 2.24. The maximum absolute atomic E-state index is 13.2. The van der Waals surface area contributed by atoms with Gasteiger partial charge in [-0.2, -0.15) is 26.3 Å². The van der Waals surface area contributed by atoms with Crippen molar-refractivity contribution in [3.05, 3.63) is 96.1 Å². The van der Waals surface area contributed by atoms with Crippen molar-refractivity contribution < 1.29 is 26.3 Å². The van der Waals surface area contributed by atoms with Gasteiger partial charge in [0.15, 0.2) is 0 Å². The average molecular weight is 472 g/mol. The topological polar surface area (TPSA) is 0 Å². The van der Waals surface area contributed by atoms with Gasteiger partial charge in [0.25, 0.3) is 0 Å². The monoisotopic (exact) mass is 472 g/mol. The molecule has 0 aliphatic rings. The molecule has 0 saturated heterocycles. The first-order valence-corrected chi connectivity index (χ1v) is 10.7. The van der Waals surface area contributed by atoms with Crippen LogP contribution in [0.25, 0.3) is 42.4 Å². The highest BCUT2D eigenvalue weighted by Gasteiger charge is 2.37. The summed E-state index contributed by atoms with van der Waals surface area (Å²) in [6, 6.07) is 22.2. The van der Waals surface area contributed by atoms with E-state index in [4.69, 9.17) is 0 Å². The summed E-state index contributed by atoms with van der Waals surface area (Å²) in [5.41, 5.74) is -0.783. The predicted molar refractivity (Wildman–Crippen MR) is 120 cm³/mol. The second-order valence-electron chi connectivity index (χ2n) is 7.68. The van der Waals surface area contributed by atoms with Crippen molar-refractivity contribution in [2.75, 3.05) is 0 Å². The van der Waals surface area contributed by atoms with Crippen molar-refractivity contribution >= 4 is 31.5 Å². The SMILES string of the molecule is FC(F)(F)c1cc(-c2ccc(-c3ccc4sc5ccccc5c4c3)cc2)cc(C(F)(F)F)c1. The van der Waals surface area contributed by atoms with Gasteiger partial charge in [-0.3, -0.25) is 0 Å². The third-order valence-electron chi connectivity index (χ3n) is 5.52. The van der Waals surface area contributed by atoms with Crippen LogP contribution in [0.15, 0.2) is 84.9 Å². The molecular formula is C26H14F6S. The molecule has 0 fully saturated rings. The molecule has 0 aliphatic carbocycles. The van der Waals surface area contributed by atoms with Crippen LogP contribution in [-0.4, -0.2) is 0 Å². The largest absolute Gasteiger partial charge is 0.416 e. The molecule has 1 aromatic heterocycles. The maximum Gasteiger partial charge on any atom is 0.416 e. The van der Waals surface area contributed by atoms with Crippen molar-refractivity contribution in [3.8, 4) is 22.3 Å². The zero-order valence-corrected chi connectivity index (χ0v) is 17.6. The summed E-state index contributed by atoms with van der Waals surface area (Å²) >= 11 is 1.69. The molecule has 1 heterocycles. The van der Waals surface area contributed by atoms with Crippen LogP contribution < -0.4 is 0 Å². The highest BCUT2D eigenvalue weighted by molar-refractivity contribution is 7.25. The van der Waals surface area contributed by atoms with Crippen LogP contribution in [0, 0.1) is 0 Å². The quantitative estimate of drug-likeness (QED) is 0.225. The Balaban J connectivity index is 1.56. The van der Waals surface area contributed by atoms with E-state index in [1.165, 1.54) is 4.70 Å². The summed E-state index contributed by atoms with van der Waals surface area (Å²) in [4.78, 5) is 0. The van der Waals surface area contributed by atoms with E-state index in [1.807, 2.05) is 30.3 Å². The minimum Gasteiger partial charge on any atom is -0.166 e. The first kappa shape index (κ1) is 21.5. The minimum atomic E-state index is -4.88. The Kier molecular flexibility index (Phi) is 4.97. The second-order valence-corrected chi connectivity index (χ2v) is 8.76. The van der Waals surface area contributed by atoms with Gasteiger partial charge in [0.05, 0.1) is 11.1 Å². The van der Waals surface area contributed by atoms with Gasteiger partial charge in [0.1, 0.15) is 0 Å².